The van der Waals surface area contributed by atoms with Crippen LogP contribution in [0.15, 0.2) is 36.4 Å². The molecule has 2 rings (SSSR count). The van der Waals surface area contributed by atoms with Gasteiger partial charge in [-0.25, -0.2) is 0 Å². The third kappa shape index (κ3) is 3.71. The molecule has 0 aliphatic carbocycles. The Morgan fingerprint density at radius 3 is 1.70 bits per heavy atom. The maximum atomic E-state index is 9.36. The molecule has 0 saturated carbocycles. The second kappa shape index (κ2) is 6.99. The summed E-state index contributed by atoms with van der Waals surface area (Å²) in [5.74, 6) is 1.78. The highest BCUT2D eigenvalue weighted by Gasteiger charge is 2.15. The molecule has 0 bridgehead atoms. The van der Waals surface area contributed by atoms with E-state index in [-0.39, 0.29) is 5.92 Å². The number of hydrogen-bond acceptors (Lipinski definition) is 3. The van der Waals surface area contributed by atoms with Crippen molar-refractivity contribution in [1.82, 2.24) is 0 Å². The molecule has 0 aliphatic heterocycles. The maximum Gasteiger partial charge on any atom is 0.130 e. The van der Waals surface area contributed by atoms with E-state index in [9.17, 15) is 10.5 Å². The lowest BCUT2D eigenvalue weighted by atomic mass is 9.92. The average molecular weight is 304 g/mol. The summed E-state index contributed by atoms with van der Waals surface area (Å²) in [6, 6.07) is 15.6. The van der Waals surface area contributed by atoms with Crippen LogP contribution in [-0.2, 0) is 0 Å². The highest BCUT2D eigenvalue weighted by molar-refractivity contribution is 5.55. The number of ether oxygens (including phenoxy) is 1. The summed E-state index contributed by atoms with van der Waals surface area (Å²) in [7, 11) is 0. The van der Waals surface area contributed by atoms with E-state index in [0.29, 0.717) is 28.5 Å². The zero-order valence-corrected chi connectivity index (χ0v) is 13.9. The Labute approximate surface area is 137 Å². The molecular weight excluding hydrogens is 284 g/mol. The van der Waals surface area contributed by atoms with E-state index in [1.165, 1.54) is 5.56 Å². The monoisotopic (exact) mass is 304 g/mol. The fourth-order valence-electron chi connectivity index (χ4n) is 2.55. The largest absolute Gasteiger partial charge is 0.457 e. The van der Waals surface area contributed by atoms with Gasteiger partial charge in [-0.15, -0.1) is 0 Å². The van der Waals surface area contributed by atoms with Crippen LogP contribution in [0.4, 0.5) is 0 Å². The molecule has 2 aromatic carbocycles. The Morgan fingerprint density at radius 1 is 0.783 bits per heavy atom. The minimum Gasteiger partial charge on any atom is -0.457 e. The molecule has 0 spiro atoms. The van der Waals surface area contributed by atoms with Crippen LogP contribution in [-0.4, -0.2) is 0 Å². The van der Waals surface area contributed by atoms with Gasteiger partial charge >= 0.3 is 0 Å². The predicted molar refractivity (Wildman–Crippen MR) is 90.6 cm³/mol. The normalized spacial score (nSPS) is 10.4. The van der Waals surface area contributed by atoms with Crippen LogP contribution in [0.1, 0.15) is 61.8 Å². The summed E-state index contributed by atoms with van der Waals surface area (Å²) >= 11 is 0. The molecular formula is C20H20N2O. The van der Waals surface area contributed by atoms with Crippen LogP contribution in [0.25, 0.3) is 0 Å². The van der Waals surface area contributed by atoms with Crippen molar-refractivity contribution in [2.75, 3.05) is 0 Å². The highest BCUT2D eigenvalue weighted by Crippen LogP contribution is 2.31. The molecule has 0 unspecified atom stereocenters. The van der Waals surface area contributed by atoms with Crippen molar-refractivity contribution in [3.05, 3.63) is 58.7 Å². The first-order valence-electron chi connectivity index (χ1n) is 7.72. The van der Waals surface area contributed by atoms with Gasteiger partial charge in [0, 0.05) is 0 Å². The Morgan fingerprint density at radius 2 is 1.30 bits per heavy atom. The smallest absolute Gasteiger partial charge is 0.130 e. The molecule has 116 valence electrons. The first-order valence-corrected chi connectivity index (χ1v) is 7.72. The van der Waals surface area contributed by atoms with Crippen molar-refractivity contribution in [2.45, 2.75) is 39.5 Å². The molecule has 23 heavy (non-hydrogen) atoms. The van der Waals surface area contributed by atoms with Gasteiger partial charge in [0.2, 0.25) is 0 Å². The van der Waals surface area contributed by atoms with Crippen LogP contribution < -0.4 is 4.74 Å². The van der Waals surface area contributed by atoms with E-state index < -0.39 is 0 Å². The lowest BCUT2D eigenvalue weighted by molar-refractivity contribution is 0.481. The maximum absolute atomic E-state index is 9.36. The van der Waals surface area contributed by atoms with Gasteiger partial charge < -0.3 is 4.74 Å². The quantitative estimate of drug-likeness (QED) is 0.752. The minimum atomic E-state index is 0.110. The first kappa shape index (κ1) is 16.6. The third-order valence-electron chi connectivity index (χ3n) is 3.75. The zero-order chi connectivity index (χ0) is 17.0. The molecule has 0 aromatic heterocycles. The summed E-state index contributed by atoms with van der Waals surface area (Å²) in [4.78, 5) is 0. The van der Waals surface area contributed by atoms with Crippen molar-refractivity contribution >= 4 is 0 Å². The number of nitrogens with zero attached hydrogens (tertiary/aromatic N) is 2. The number of hydrogen-bond donors (Lipinski definition) is 0. The molecule has 0 amide bonds. The predicted octanol–water partition coefficient (Wildman–Crippen LogP) is 5.47. The van der Waals surface area contributed by atoms with E-state index in [2.05, 4.69) is 26.0 Å². The SMILES string of the molecule is CC(C)c1ccc(Oc2cc(C#N)c(C(C)C)c(C#N)c2)cc1. The van der Waals surface area contributed by atoms with E-state index in [0.717, 1.165) is 5.56 Å². The van der Waals surface area contributed by atoms with Crippen LogP contribution in [0.5, 0.6) is 11.5 Å². The lowest BCUT2D eigenvalue weighted by Crippen LogP contribution is -1.99. The van der Waals surface area contributed by atoms with E-state index >= 15 is 0 Å². The van der Waals surface area contributed by atoms with Gasteiger partial charge in [0.15, 0.2) is 0 Å². The molecule has 0 heterocycles. The average Bonchev–Trinajstić information content (AvgIpc) is 2.54. The Bertz CT molecular complexity index is 740. The van der Waals surface area contributed by atoms with Gasteiger partial charge in [0.1, 0.15) is 11.5 Å². The molecule has 3 heteroatoms. The molecule has 0 radical (unpaired) electrons. The standard InChI is InChI=1S/C20H20N2O/c1-13(2)15-5-7-18(8-6-15)23-19-9-16(11-21)20(14(3)4)17(10-19)12-22/h5-10,13-14H,1-4H3. The van der Waals surface area contributed by atoms with Crippen molar-refractivity contribution in [3.63, 3.8) is 0 Å². The van der Waals surface area contributed by atoms with Crippen molar-refractivity contribution in [3.8, 4) is 23.6 Å². The van der Waals surface area contributed by atoms with Crippen molar-refractivity contribution in [2.24, 2.45) is 0 Å². The topological polar surface area (TPSA) is 56.8 Å². The van der Waals surface area contributed by atoms with Crippen LogP contribution in [0, 0.1) is 22.7 Å². The molecule has 0 fully saturated rings. The van der Waals surface area contributed by atoms with Gasteiger partial charge in [-0.1, -0.05) is 39.8 Å². The number of nitriles is 2. The zero-order valence-electron chi connectivity index (χ0n) is 13.9. The third-order valence-corrected chi connectivity index (χ3v) is 3.75. The number of benzene rings is 2. The number of rotatable bonds is 4. The van der Waals surface area contributed by atoms with Gasteiger partial charge in [0.25, 0.3) is 0 Å². The second-order valence-corrected chi connectivity index (χ2v) is 6.14. The van der Waals surface area contributed by atoms with Gasteiger partial charge in [-0.3, -0.25) is 0 Å². The highest BCUT2D eigenvalue weighted by atomic mass is 16.5. The minimum absolute atomic E-state index is 0.110. The van der Waals surface area contributed by atoms with E-state index in [1.807, 2.05) is 38.1 Å². The Kier molecular flexibility index (Phi) is 5.04. The summed E-state index contributed by atoms with van der Waals surface area (Å²) in [6.07, 6.45) is 0. The van der Waals surface area contributed by atoms with Crippen LogP contribution >= 0.6 is 0 Å². The Hall–Kier alpha value is -2.78. The molecule has 0 N–H and O–H groups in total. The molecule has 3 nitrogen and oxygen atoms in total. The van der Waals surface area contributed by atoms with E-state index in [4.69, 9.17) is 4.74 Å². The van der Waals surface area contributed by atoms with Gasteiger partial charge in [-0.2, -0.15) is 10.5 Å². The van der Waals surface area contributed by atoms with E-state index in [1.54, 1.807) is 12.1 Å². The summed E-state index contributed by atoms with van der Waals surface area (Å²) in [5.41, 5.74) is 3.00. The molecule has 0 aliphatic rings. The Balaban J connectivity index is 2.38. The van der Waals surface area contributed by atoms with Gasteiger partial charge in [-0.05, 0) is 47.2 Å². The molecule has 0 atom stereocenters. The fraction of sp³-hybridized carbons (Fsp3) is 0.300. The first-order chi connectivity index (χ1) is 11.0. The van der Waals surface area contributed by atoms with Crippen LogP contribution in [0.3, 0.4) is 0 Å². The van der Waals surface area contributed by atoms with Crippen molar-refractivity contribution in [1.29, 1.82) is 10.5 Å². The molecule has 2 aromatic rings. The summed E-state index contributed by atoms with van der Waals surface area (Å²) in [6.45, 7) is 8.22. The van der Waals surface area contributed by atoms with Crippen LogP contribution in [0.2, 0.25) is 0 Å². The fourth-order valence-corrected chi connectivity index (χ4v) is 2.55. The lowest BCUT2D eigenvalue weighted by Gasteiger charge is -2.13. The second-order valence-electron chi connectivity index (χ2n) is 6.14. The molecule has 0 saturated heterocycles. The summed E-state index contributed by atoms with van der Waals surface area (Å²) < 4.78 is 5.83. The van der Waals surface area contributed by atoms with Gasteiger partial charge in [0.05, 0.1) is 23.3 Å². The van der Waals surface area contributed by atoms with Crippen molar-refractivity contribution < 1.29 is 4.74 Å². The summed E-state index contributed by atoms with van der Waals surface area (Å²) in [5, 5.41) is 18.7.